The van der Waals surface area contributed by atoms with Gasteiger partial charge in [0.1, 0.15) is 15.7 Å². The number of rotatable bonds is 6. The van der Waals surface area contributed by atoms with Crippen LogP contribution in [-0.4, -0.2) is 35.8 Å². The Bertz CT molecular complexity index is 999. The molecule has 12 heteroatoms. The van der Waals surface area contributed by atoms with E-state index in [9.17, 15) is 26.4 Å². The minimum atomic E-state index is -4.63. The molecule has 2 heterocycles. The maximum absolute atomic E-state index is 14.7. The Labute approximate surface area is 165 Å². The minimum Gasteiger partial charge on any atom is -0.343 e. The van der Waals surface area contributed by atoms with E-state index in [1.54, 1.807) is 11.6 Å². The summed E-state index contributed by atoms with van der Waals surface area (Å²) in [4.78, 5) is 15.4. The molecule has 0 fully saturated rings. The number of alkyl halides is 2. The molecule has 0 saturated carbocycles. The first-order chi connectivity index (χ1) is 12.7. The largest absolute Gasteiger partial charge is 0.343 e. The zero-order valence-corrected chi connectivity index (χ0v) is 16.9. The van der Waals surface area contributed by atoms with Crippen LogP contribution in [0.25, 0.3) is 0 Å². The van der Waals surface area contributed by atoms with Gasteiger partial charge in [0.2, 0.25) is 10.0 Å². The van der Waals surface area contributed by atoms with Crippen molar-refractivity contribution >= 4 is 33.2 Å². The van der Waals surface area contributed by atoms with Crippen molar-refractivity contribution in [3.05, 3.63) is 40.7 Å². The van der Waals surface area contributed by atoms with Gasteiger partial charge >= 0.3 is 0 Å². The van der Waals surface area contributed by atoms with Crippen molar-refractivity contribution in [1.29, 1.82) is 0 Å². The Balaban J connectivity index is 2.36. The molecule has 1 atom stereocenters. The molecule has 1 amide bonds. The van der Waals surface area contributed by atoms with E-state index >= 15 is 0 Å². The lowest BCUT2D eigenvalue weighted by Gasteiger charge is -2.20. The first kappa shape index (κ1) is 22.2. The molecule has 0 bridgehead atoms. The lowest BCUT2D eigenvalue weighted by Crippen LogP contribution is -2.43. The fourth-order valence-corrected chi connectivity index (χ4v) is 3.99. The number of amides is 1. The zero-order chi connectivity index (χ0) is 21.4. The number of hydrogen-bond acceptors (Lipinski definition) is 4. The van der Waals surface area contributed by atoms with Gasteiger partial charge in [-0.05, 0) is 26.0 Å². The van der Waals surface area contributed by atoms with Crippen molar-refractivity contribution in [3.63, 3.8) is 0 Å². The van der Waals surface area contributed by atoms with Crippen molar-refractivity contribution in [2.75, 3.05) is 5.32 Å². The molecule has 0 saturated heterocycles. The molecule has 0 aliphatic rings. The summed E-state index contributed by atoms with van der Waals surface area (Å²) in [5.74, 6) is -5.68. The zero-order valence-electron chi connectivity index (χ0n) is 15.3. The standard InChI is InChI=1S/C16H18ClF3N4O3S/c1-8-5-10(6-12(17)21-8)22-15(25)14-13(18)11(7-24(14)4)28(26,27)23-9(2)16(3,19)20/h5-7,9,23H,1-4H3,(H,21,22,25)/t9-/m1/s1. The summed E-state index contributed by atoms with van der Waals surface area (Å²) in [6, 6.07) is 1.03. The van der Waals surface area contributed by atoms with Crippen LogP contribution in [0.2, 0.25) is 5.15 Å². The summed E-state index contributed by atoms with van der Waals surface area (Å²) < 4.78 is 68.5. The fourth-order valence-electron chi connectivity index (χ4n) is 2.31. The predicted octanol–water partition coefficient (Wildman–Crippen LogP) is 3.10. The van der Waals surface area contributed by atoms with Gasteiger partial charge in [-0.3, -0.25) is 4.79 Å². The molecule has 2 aromatic heterocycles. The molecule has 154 valence electrons. The highest BCUT2D eigenvalue weighted by molar-refractivity contribution is 7.89. The molecule has 0 spiro atoms. The van der Waals surface area contributed by atoms with Crippen molar-refractivity contribution < 1.29 is 26.4 Å². The Kier molecular flexibility index (Phi) is 6.12. The number of pyridine rings is 1. The summed E-state index contributed by atoms with van der Waals surface area (Å²) in [6.07, 6.45) is 0.831. The highest BCUT2D eigenvalue weighted by atomic mass is 35.5. The number of sulfonamides is 1. The Morgan fingerprint density at radius 1 is 1.36 bits per heavy atom. The molecule has 2 rings (SSSR count). The molecule has 28 heavy (non-hydrogen) atoms. The van der Waals surface area contributed by atoms with Crippen molar-refractivity contribution in [3.8, 4) is 0 Å². The second kappa shape index (κ2) is 7.72. The number of carbonyl (C=O) groups is 1. The van der Waals surface area contributed by atoms with Gasteiger partial charge in [0.05, 0.1) is 6.04 Å². The number of nitrogens with zero attached hydrogens (tertiary/aromatic N) is 2. The Morgan fingerprint density at radius 2 is 1.96 bits per heavy atom. The van der Waals surface area contributed by atoms with E-state index in [0.717, 1.165) is 17.7 Å². The van der Waals surface area contributed by atoms with Crippen LogP contribution in [0.3, 0.4) is 0 Å². The third-order valence-electron chi connectivity index (χ3n) is 3.86. The highest BCUT2D eigenvalue weighted by Gasteiger charge is 2.36. The van der Waals surface area contributed by atoms with E-state index in [0.29, 0.717) is 12.6 Å². The fraction of sp³-hybridized carbons (Fsp3) is 0.375. The summed E-state index contributed by atoms with van der Waals surface area (Å²) in [6.45, 7) is 3.11. The molecule has 0 aliphatic heterocycles. The van der Waals surface area contributed by atoms with E-state index in [1.165, 1.54) is 19.2 Å². The van der Waals surface area contributed by atoms with Gasteiger partial charge in [0, 0.05) is 31.5 Å². The monoisotopic (exact) mass is 438 g/mol. The van der Waals surface area contributed by atoms with Crippen molar-refractivity contribution in [1.82, 2.24) is 14.3 Å². The van der Waals surface area contributed by atoms with Crippen LogP contribution in [0.15, 0.2) is 23.2 Å². The number of halogens is 4. The van der Waals surface area contributed by atoms with E-state index in [-0.39, 0.29) is 10.8 Å². The highest BCUT2D eigenvalue weighted by Crippen LogP contribution is 2.24. The molecule has 0 aromatic carbocycles. The topological polar surface area (TPSA) is 93.1 Å². The molecular formula is C16H18ClF3N4O3S. The molecule has 7 nitrogen and oxygen atoms in total. The molecular weight excluding hydrogens is 421 g/mol. The van der Waals surface area contributed by atoms with Crippen molar-refractivity contribution in [2.45, 2.75) is 37.6 Å². The van der Waals surface area contributed by atoms with E-state index in [4.69, 9.17) is 11.6 Å². The third-order valence-corrected chi connectivity index (χ3v) is 5.59. The molecule has 0 unspecified atom stereocenters. The van der Waals surface area contributed by atoms with Gasteiger partial charge < -0.3 is 9.88 Å². The van der Waals surface area contributed by atoms with Crippen LogP contribution in [0.1, 0.15) is 30.0 Å². The summed E-state index contributed by atoms with van der Waals surface area (Å²) >= 11 is 5.80. The first-order valence-electron chi connectivity index (χ1n) is 7.93. The first-order valence-corrected chi connectivity index (χ1v) is 9.79. The summed E-state index contributed by atoms with van der Waals surface area (Å²) in [7, 11) is -3.38. The third kappa shape index (κ3) is 4.83. The maximum atomic E-state index is 14.7. The van der Waals surface area contributed by atoms with Crippen LogP contribution in [0.5, 0.6) is 0 Å². The Hall–Kier alpha value is -2.11. The number of hydrogen-bond donors (Lipinski definition) is 2. The Morgan fingerprint density at radius 3 is 2.50 bits per heavy atom. The lowest BCUT2D eigenvalue weighted by molar-refractivity contribution is -0.00490. The van der Waals surface area contributed by atoms with Crippen LogP contribution in [0.4, 0.5) is 18.9 Å². The van der Waals surface area contributed by atoms with Crippen LogP contribution in [0, 0.1) is 12.7 Å². The van der Waals surface area contributed by atoms with Gasteiger partial charge in [0.15, 0.2) is 5.82 Å². The molecule has 2 aromatic rings. The van der Waals surface area contributed by atoms with E-state index in [2.05, 4.69) is 10.3 Å². The normalized spacial score (nSPS) is 13.4. The van der Waals surface area contributed by atoms with Gasteiger partial charge in [-0.25, -0.2) is 31.3 Å². The molecule has 2 N–H and O–H groups in total. The number of aromatic nitrogens is 2. The SMILES string of the molecule is Cc1cc(NC(=O)c2c(F)c(S(=O)(=O)N[C@H](C)C(C)(F)F)cn2C)cc(Cl)n1. The second-order valence-corrected chi connectivity index (χ2v) is 8.41. The van der Waals surface area contributed by atoms with Crippen LogP contribution in [-0.2, 0) is 17.1 Å². The van der Waals surface area contributed by atoms with E-state index in [1.807, 2.05) is 0 Å². The number of anilines is 1. The number of aryl methyl sites for hydroxylation is 2. The van der Waals surface area contributed by atoms with Crippen molar-refractivity contribution in [2.24, 2.45) is 7.05 Å². The summed E-state index contributed by atoms with van der Waals surface area (Å²) in [5, 5.41) is 2.49. The predicted molar refractivity (Wildman–Crippen MR) is 97.7 cm³/mol. The number of nitrogens with one attached hydrogen (secondary N) is 2. The molecule has 0 radical (unpaired) electrons. The maximum Gasteiger partial charge on any atom is 0.275 e. The lowest BCUT2D eigenvalue weighted by atomic mass is 10.2. The average Bonchev–Trinajstić information content (AvgIpc) is 2.80. The van der Waals surface area contributed by atoms with Gasteiger partial charge in [0.25, 0.3) is 11.8 Å². The minimum absolute atomic E-state index is 0.101. The van der Waals surface area contributed by atoms with E-state index < -0.39 is 44.3 Å². The van der Waals surface area contributed by atoms with Crippen LogP contribution >= 0.6 is 11.6 Å². The van der Waals surface area contributed by atoms with Gasteiger partial charge in [-0.2, -0.15) is 0 Å². The van der Waals surface area contributed by atoms with Gasteiger partial charge in [-0.15, -0.1) is 0 Å². The smallest absolute Gasteiger partial charge is 0.275 e. The molecule has 0 aliphatic carbocycles. The second-order valence-electron chi connectivity index (χ2n) is 6.34. The quantitative estimate of drug-likeness (QED) is 0.678. The van der Waals surface area contributed by atoms with Gasteiger partial charge in [-0.1, -0.05) is 11.6 Å². The number of carbonyl (C=O) groups excluding carboxylic acids is 1. The van der Waals surface area contributed by atoms with Crippen LogP contribution < -0.4 is 10.0 Å². The average molecular weight is 439 g/mol. The summed E-state index contributed by atoms with van der Waals surface area (Å²) in [5.41, 5.74) is 0.129.